The van der Waals surface area contributed by atoms with Gasteiger partial charge in [0.15, 0.2) is 11.6 Å². The van der Waals surface area contributed by atoms with Crippen LogP contribution in [0.25, 0.3) is 11.6 Å². The van der Waals surface area contributed by atoms with Crippen LogP contribution < -0.4 is 5.32 Å². The van der Waals surface area contributed by atoms with E-state index in [-0.39, 0.29) is 0 Å². The Morgan fingerprint density at radius 2 is 2.27 bits per heavy atom. The number of rotatable bonds is 3. The molecule has 2 aromatic rings. The Kier molecular flexibility index (Phi) is 2.78. The maximum absolute atomic E-state index is 5.34. The molecule has 0 aliphatic heterocycles. The molecule has 0 aliphatic carbocycles. The van der Waals surface area contributed by atoms with Crippen LogP contribution in [0, 0.1) is 6.92 Å². The number of nitrogens with zero attached hydrogens (tertiary/aromatic N) is 2. The van der Waals surface area contributed by atoms with Crippen LogP contribution >= 0.6 is 0 Å². The van der Waals surface area contributed by atoms with Gasteiger partial charge in [0, 0.05) is 12.7 Å². The molecule has 15 heavy (non-hydrogen) atoms. The highest BCUT2D eigenvalue weighted by atomic mass is 16.3. The molecule has 0 fully saturated rings. The van der Waals surface area contributed by atoms with Crippen LogP contribution in [-0.4, -0.2) is 17.0 Å². The molecule has 4 heteroatoms. The number of hydrogen-bond donors (Lipinski definition) is 1. The molecule has 78 valence electrons. The number of furan rings is 1. The van der Waals surface area contributed by atoms with Crippen molar-refractivity contribution >= 4 is 0 Å². The molecule has 1 N–H and O–H groups in total. The van der Waals surface area contributed by atoms with Gasteiger partial charge < -0.3 is 9.73 Å². The smallest absolute Gasteiger partial charge is 0.196 e. The SMILES string of the molecule is CNCc1ccnc(-c2occc2C)n1. The van der Waals surface area contributed by atoms with Crippen LogP contribution in [0.3, 0.4) is 0 Å². The molecule has 2 rings (SSSR count). The topological polar surface area (TPSA) is 51.0 Å². The minimum Gasteiger partial charge on any atom is -0.461 e. The van der Waals surface area contributed by atoms with Crippen molar-refractivity contribution < 1.29 is 4.42 Å². The predicted molar refractivity (Wildman–Crippen MR) is 57.2 cm³/mol. The van der Waals surface area contributed by atoms with Gasteiger partial charge in [-0.3, -0.25) is 0 Å². The molecule has 0 amide bonds. The van der Waals surface area contributed by atoms with Gasteiger partial charge >= 0.3 is 0 Å². The van der Waals surface area contributed by atoms with E-state index in [1.807, 2.05) is 26.1 Å². The fraction of sp³-hybridized carbons (Fsp3) is 0.273. The van der Waals surface area contributed by atoms with Crippen LogP contribution in [0.1, 0.15) is 11.3 Å². The molecule has 0 radical (unpaired) electrons. The third-order valence-electron chi connectivity index (χ3n) is 2.14. The lowest BCUT2D eigenvalue weighted by Gasteiger charge is -2.01. The molecular formula is C11H13N3O. The summed E-state index contributed by atoms with van der Waals surface area (Å²) in [4.78, 5) is 8.59. The highest BCUT2D eigenvalue weighted by molar-refractivity contribution is 5.51. The average Bonchev–Trinajstić information content (AvgIpc) is 2.65. The van der Waals surface area contributed by atoms with Gasteiger partial charge in [0.1, 0.15) is 0 Å². The third kappa shape index (κ3) is 2.05. The van der Waals surface area contributed by atoms with Crippen LogP contribution in [0.2, 0.25) is 0 Å². The molecule has 0 saturated carbocycles. The fourth-order valence-electron chi connectivity index (χ4n) is 1.39. The van der Waals surface area contributed by atoms with Gasteiger partial charge in [0.05, 0.1) is 12.0 Å². The standard InChI is InChI=1S/C11H13N3O/c1-8-4-6-15-10(8)11-13-5-3-9(14-11)7-12-2/h3-6,12H,7H2,1-2H3. The monoisotopic (exact) mass is 203 g/mol. The number of aromatic nitrogens is 2. The maximum Gasteiger partial charge on any atom is 0.196 e. The van der Waals surface area contributed by atoms with Gasteiger partial charge in [0.25, 0.3) is 0 Å². The number of aryl methyl sites for hydroxylation is 1. The lowest BCUT2D eigenvalue weighted by Crippen LogP contribution is -2.07. The first-order valence-corrected chi connectivity index (χ1v) is 4.82. The molecule has 2 aromatic heterocycles. The summed E-state index contributed by atoms with van der Waals surface area (Å²) < 4.78 is 5.34. The summed E-state index contributed by atoms with van der Waals surface area (Å²) in [6.45, 7) is 2.71. The first-order chi connectivity index (χ1) is 7.31. The summed E-state index contributed by atoms with van der Waals surface area (Å²) in [5, 5.41) is 3.05. The number of hydrogen-bond acceptors (Lipinski definition) is 4. The molecule has 0 unspecified atom stereocenters. The van der Waals surface area contributed by atoms with E-state index < -0.39 is 0 Å². The fourth-order valence-corrected chi connectivity index (χ4v) is 1.39. The molecule has 4 nitrogen and oxygen atoms in total. The van der Waals surface area contributed by atoms with E-state index in [2.05, 4.69) is 15.3 Å². The van der Waals surface area contributed by atoms with Crippen LogP contribution in [0.15, 0.2) is 29.0 Å². The molecule has 2 heterocycles. The molecule has 0 spiro atoms. The normalized spacial score (nSPS) is 10.5. The van der Waals surface area contributed by atoms with E-state index >= 15 is 0 Å². The van der Waals surface area contributed by atoms with Gasteiger partial charge in [-0.05, 0) is 31.7 Å². The molecule has 0 bridgehead atoms. The summed E-state index contributed by atoms with van der Waals surface area (Å²) in [6.07, 6.45) is 3.40. The van der Waals surface area contributed by atoms with Gasteiger partial charge in [-0.2, -0.15) is 0 Å². The van der Waals surface area contributed by atoms with Crippen LogP contribution in [0.4, 0.5) is 0 Å². The summed E-state index contributed by atoms with van der Waals surface area (Å²) in [7, 11) is 1.89. The highest BCUT2D eigenvalue weighted by Crippen LogP contribution is 2.20. The molecular weight excluding hydrogens is 190 g/mol. The van der Waals surface area contributed by atoms with Crippen molar-refractivity contribution in [1.82, 2.24) is 15.3 Å². The Balaban J connectivity index is 2.37. The predicted octanol–water partition coefficient (Wildman–Crippen LogP) is 1.76. The summed E-state index contributed by atoms with van der Waals surface area (Å²) in [5.74, 6) is 1.39. The highest BCUT2D eigenvalue weighted by Gasteiger charge is 2.08. The zero-order valence-electron chi connectivity index (χ0n) is 8.82. The lowest BCUT2D eigenvalue weighted by atomic mass is 10.2. The average molecular weight is 203 g/mol. The summed E-state index contributed by atoms with van der Waals surface area (Å²) >= 11 is 0. The Morgan fingerprint density at radius 3 is 2.93 bits per heavy atom. The first-order valence-electron chi connectivity index (χ1n) is 4.82. The maximum atomic E-state index is 5.34. The Hall–Kier alpha value is -1.68. The van der Waals surface area contributed by atoms with Crippen molar-refractivity contribution in [1.29, 1.82) is 0 Å². The van der Waals surface area contributed by atoms with Crippen LogP contribution in [-0.2, 0) is 6.54 Å². The van der Waals surface area contributed by atoms with Crippen molar-refractivity contribution in [3.63, 3.8) is 0 Å². The zero-order valence-corrected chi connectivity index (χ0v) is 8.82. The van der Waals surface area contributed by atoms with E-state index in [1.165, 1.54) is 0 Å². The molecule has 0 aliphatic rings. The molecule has 0 saturated heterocycles. The number of nitrogens with one attached hydrogen (secondary N) is 1. The summed E-state index contributed by atoms with van der Waals surface area (Å²) in [5.41, 5.74) is 2.01. The van der Waals surface area contributed by atoms with Crippen LogP contribution in [0.5, 0.6) is 0 Å². The van der Waals surface area contributed by atoms with Crippen molar-refractivity contribution in [2.45, 2.75) is 13.5 Å². The minimum absolute atomic E-state index is 0.644. The Bertz CT molecular complexity index is 451. The second-order valence-corrected chi connectivity index (χ2v) is 3.33. The van der Waals surface area contributed by atoms with E-state index in [0.29, 0.717) is 5.82 Å². The van der Waals surface area contributed by atoms with E-state index in [4.69, 9.17) is 4.42 Å². The first kappa shape index (κ1) is 9.86. The van der Waals surface area contributed by atoms with Crippen molar-refractivity contribution in [2.75, 3.05) is 7.05 Å². The van der Waals surface area contributed by atoms with E-state index in [1.54, 1.807) is 12.5 Å². The van der Waals surface area contributed by atoms with Gasteiger partial charge in [-0.25, -0.2) is 9.97 Å². The van der Waals surface area contributed by atoms with Crippen molar-refractivity contribution in [2.24, 2.45) is 0 Å². The van der Waals surface area contributed by atoms with Gasteiger partial charge in [0.2, 0.25) is 0 Å². The zero-order chi connectivity index (χ0) is 10.7. The Labute approximate surface area is 88.4 Å². The van der Waals surface area contributed by atoms with Crippen molar-refractivity contribution in [3.8, 4) is 11.6 Å². The van der Waals surface area contributed by atoms with E-state index in [0.717, 1.165) is 23.6 Å². The second-order valence-electron chi connectivity index (χ2n) is 3.33. The van der Waals surface area contributed by atoms with Gasteiger partial charge in [-0.1, -0.05) is 0 Å². The largest absolute Gasteiger partial charge is 0.461 e. The lowest BCUT2D eigenvalue weighted by molar-refractivity contribution is 0.574. The van der Waals surface area contributed by atoms with E-state index in [9.17, 15) is 0 Å². The molecule has 0 atom stereocenters. The quantitative estimate of drug-likeness (QED) is 0.825. The summed E-state index contributed by atoms with van der Waals surface area (Å²) in [6, 6.07) is 3.79. The Morgan fingerprint density at radius 1 is 1.40 bits per heavy atom. The van der Waals surface area contributed by atoms with Crippen molar-refractivity contribution in [3.05, 3.63) is 35.9 Å². The second kappa shape index (κ2) is 4.23. The third-order valence-corrected chi connectivity index (χ3v) is 2.14. The molecule has 0 aromatic carbocycles. The minimum atomic E-state index is 0.644. The van der Waals surface area contributed by atoms with Gasteiger partial charge in [-0.15, -0.1) is 0 Å².